The van der Waals surface area contributed by atoms with Crippen LogP contribution in [0, 0.1) is 11.3 Å². The summed E-state index contributed by atoms with van der Waals surface area (Å²) in [5, 5.41) is 16.5. The molecule has 1 N–H and O–H groups in total. The van der Waals surface area contributed by atoms with Crippen LogP contribution >= 0.6 is 11.6 Å². The summed E-state index contributed by atoms with van der Waals surface area (Å²) < 4.78 is 36.6. The van der Waals surface area contributed by atoms with Crippen LogP contribution in [0.4, 0.5) is 20.2 Å². The number of methoxy groups -OCH3 is 1. The molecule has 1 aliphatic rings. The number of hydrogen-bond donors (Lipinski definition) is 1. The number of benzene rings is 3. The van der Waals surface area contributed by atoms with Gasteiger partial charge in [-0.1, -0.05) is 35.9 Å². The van der Waals surface area contributed by atoms with E-state index in [1.807, 2.05) is 6.07 Å². The third-order valence-corrected chi connectivity index (χ3v) is 6.65. The van der Waals surface area contributed by atoms with Gasteiger partial charge in [0.1, 0.15) is 17.5 Å². The minimum absolute atomic E-state index is 0.152. The molecule has 4 aromatic rings. The maximum Gasteiger partial charge on any atom is 0.298 e. The van der Waals surface area contributed by atoms with Gasteiger partial charge in [0, 0.05) is 33.9 Å². The van der Waals surface area contributed by atoms with E-state index in [9.17, 15) is 14.9 Å². The fraction of sp³-hybridized carbons (Fsp3) is 0.143. The van der Waals surface area contributed by atoms with Crippen molar-refractivity contribution in [3.63, 3.8) is 0 Å². The quantitative estimate of drug-likeness (QED) is 0.345. The summed E-state index contributed by atoms with van der Waals surface area (Å²) in [6.45, 7) is 0.596. The molecule has 0 atom stereocenters. The lowest BCUT2D eigenvalue weighted by Crippen LogP contribution is -2.41. The molecule has 0 aliphatic carbocycles. The highest BCUT2D eigenvalue weighted by atomic mass is 35.5. The number of halogens is 3. The molecule has 5 rings (SSSR count). The monoisotopic (exact) mass is 547 g/mol. The van der Waals surface area contributed by atoms with Crippen molar-refractivity contribution >= 4 is 34.8 Å². The molecule has 0 spiro atoms. The van der Waals surface area contributed by atoms with Gasteiger partial charge >= 0.3 is 0 Å². The number of anilines is 2. The van der Waals surface area contributed by atoms with Gasteiger partial charge in [-0.3, -0.25) is 14.3 Å². The molecule has 0 unspecified atom stereocenters. The van der Waals surface area contributed by atoms with Crippen molar-refractivity contribution in [2.75, 3.05) is 23.9 Å². The average molecular weight is 548 g/mol. The van der Waals surface area contributed by atoms with Crippen LogP contribution in [0.25, 0.3) is 0 Å². The van der Waals surface area contributed by atoms with E-state index in [1.54, 1.807) is 0 Å². The second-order valence-corrected chi connectivity index (χ2v) is 9.13. The highest BCUT2D eigenvalue weighted by Gasteiger charge is 2.35. The number of carbonyl (C=O) groups is 2. The van der Waals surface area contributed by atoms with E-state index in [2.05, 4.69) is 10.4 Å². The molecular formula is C28H20ClF2N5O3. The van der Waals surface area contributed by atoms with E-state index in [0.717, 1.165) is 0 Å². The molecule has 2 heterocycles. The van der Waals surface area contributed by atoms with E-state index in [4.69, 9.17) is 16.3 Å². The third kappa shape index (κ3) is 4.80. The van der Waals surface area contributed by atoms with E-state index in [-0.39, 0.29) is 40.2 Å². The lowest BCUT2D eigenvalue weighted by molar-refractivity contribution is 0.0428. The van der Waals surface area contributed by atoms with Gasteiger partial charge in [-0.05, 0) is 42.5 Å². The van der Waals surface area contributed by atoms with Gasteiger partial charge < -0.3 is 15.0 Å². The second kappa shape index (κ2) is 10.2. The number of aromatic nitrogens is 2. The van der Waals surface area contributed by atoms with Crippen molar-refractivity contribution in [3.05, 3.63) is 106 Å². The second-order valence-electron chi connectivity index (χ2n) is 8.70. The zero-order chi connectivity index (χ0) is 27.7. The highest BCUT2D eigenvalue weighted by molar-refractivity contribution is 6.30. The maximum absolute atomic E-state index is 15.0. The first kappa shape index (κ1) is 25.9. The average Bonchev–Trinajstić information content (AvgIpc) is 3.36. The molecule has 1 aliphatic heterocycles. The first-order valence-corrected chi connectivity index (χ1v) is 12.1. The molecule has 8 nitrogen and oxygen atoms in total. The number of nitrogens with one attached hydrogen (secondary N) is 1. The van der Waals surface area contributed by atoms with Crippen LogP contribution < -0.4 is 15.0 Å². The predicted molar refractivity (Wildman–Crippen MR) is 140 cm³/mol. The summed E-state index contributed by atoms with van der Waals surface area (Å²) >= 11 is 5.82. The Morgan fingerprint density at radius 3 is 2.38 bits per heavy atom. The topological polar surface area (TPSA) is 100 Å². The van der Waals surface area contributed by atoms with Gasteiger partial charge in [-0.25, -0.2) is 0 Å². The molecule has 1 aromatic heterocycles. The maximum atomic E-state index is 15.0. The molecule has 196 valence electrons. The minimum Gasteiger partial charge on any atom is -0.495 e. The Hall–Kier alpha value is -4.75. The zero-order valence-corrected chi connectivity index (χ0v) is 21.2. The van der Waals surface area contributed by atoms with Crippen LogP contribution in [-0.2, 0) is 12.5 Å². The van der Waals surface area contributed by atoms with E-state index in [0.29, 0.717) is 23.0 Å². The summed E-state index contributed by atoms with van der Waals surface area (Å²) in [7, 11) is 1.42. The molecule has 3 aromatic carbocycles. The van der Waals surface area contributed by atoms with Crippen LogP contribution in [0.1, 0.15) is 37.5 Å². The van der Waals surface area contributed by atoms with Crippen molar-refractivity contribution in [3.8, 4) is 11.8 Å². The molecule has 0 fully saturated rings. The number of fused-ring (bicyclic) bond motifs is 1. The number of amides is 2. The van der Waals surface area contributed by atoms with Gasteiger partial charge in [-0.15, -0.1) is 0 Å². The lowest BCUT2D eigenvalue weighted by atomic mass is 10.00. The van der Waals surface area contributed by atoms with Gasteiger partial charge in [0.2, 0.25) is 0 Å². The van der Waals surface area contributed by atoms with Crippen LogP contribution in [0.5, 0.6) is 5.75 Å². The Bertz CT molecular complexity index is 1610. The van der Waals surface area contributed by atoms with Gasteiger partial charge in [-0.2, -0.15) is 19.1 Å². The minimum atomic E-state index is -3.25. The van der Waals surface area contributed by atoms with Gasteiger partial charge in [0.05, 0.1) is 31.1 Å². The Morgan fingerprint density at radius 2 is 1.74 bits per heavy atom. The fourth-order valence-electron chi connectivity index (χ4n) is 4.35. The van der Waals surface area contributed by atoms with Crippen LogP contribution in [0.15, 0.2) is 72.9 Å². The predicted octanol–water partition coefficient (Wildman–Crippen LogP) is 5.47. The first-order valence-electron chi connectivity index (χ1n) is 11.7. The summed E-state index contributed by atoms with van der Waals surface area (Å²) in [6.07, 6.45) is 1.37. The number of nitrogens with zero attached hydrogens (tertiary/aromatic N) is 4. The molecule has 39 heavy (non-hydrogen) atoms. The van der Waals surface area contributed by atoms with Crippen molar-refractivity contribution < 1.29 is 23.1 Å². The van der Waals surface area contributed by atoms with Crippen LogP contribution in [0.2, 0.25) is 5.02 Å². The fourth-order valence-corrected chi connectivity index (χ4v) is 4.48. The smallest absolute Gasteiger partial charge is 0.298 e. The Balaban J connectivity index is 1.37. The van der Waals surface area contributed by atoms with Gasteiger partial charge in [0.25, 0.3) is 17.7 Å². The summed E-state index contributed by atoms with van der Waals surface area (Å²) in [6, 6.07) is 17.2. The molecular weight excluding hydrogens is 528 g/mol. The van der Waals surface area contributed by atoms with E-state index in [1.165, 1.54) is 89.6 Å². The number of hydrogen-bond acceptors (Lipinski definition) is 5. The molecule has 11 heteroatoms. The summed E-state index contributed by atoms with van der Waals surface area (Å²) in [5.74, 6) is -3.90. The Kier molecular flexibility index (Phi) is 6.76. The molecule has 0 saturated carbocycles. The SMILES string of the molecule is COc1ccc(C(=O)Nc2cnn3c2C(=O)N(c2ccc(C(F)(F)c4ccc(Cl)cc4)cc2)CC3)cc1C#N. The molecule has 0 saturated heterocycles. The Morgan fingerprint density at radius 1 is 1.08 bits per heavy atom. The number of carbonyl (C=O) groups excluding carboxylic acids is 2. The van der Waals surface area contributed by atoms with Crippen LogP contribution in [0.3, 0.4) is 0 Å². The number of alkyl halides is 2. The zero-order valence-electron chi connectivity index (χ0n) is 20.5. The third-order valence-electron chi connectivity index (χ3n) is 6.40. The summed E-state index contributed by atoms with van der Waals surface area (Å²) in [5.41, 5.74) is 0.728. The normalized spacial score (nSPS) is 13.0. The molecule has 2 amide bonds. The van der Waals surface area contributed by atoms with E-state index < -0.39 is 17.7 Å². The van der Waals surface area contributed by atoms with Crippen LogP contribution in [-0.4, -0.2) is 35.2 Å². The van der Waals surface area contributed by atoms with Crippen molar-refractivity contribution in [1.29, 1.82) is 5.26 Å². The van der Waals surface area contributed by atoms with E-state index >= 15 is 8.78 Å². The molecule has 0 radical (unpaired) electrons. The van der Waals surface area contributed by atoms with Gasteiger partial charge in [0.15, 0.2) is 0 Å². The standard InChI is InChI=1S/C28H20ClF2N5O3/c1-39-24-11-2-17(14-18(24)15-32)26(37)34-23-16-33-36-13-12-35(27(38)25(23)36)22-9-5-20(6-10-22)28(30,31)19-3-7-21(29)8-4-19/h2-11,14,16H,12-13H2,1H3,(H,34,37). The number of rotatable bonds is 6. The number of nitriles is 1. The summed E-state index contributed by atoms with van der Waals surface area (Å²) in [4.78, 5) is 27.8. The lowest BCUT2D eigenvalue weighted by Gasteiger charge is -2.28. The van der Waals surface area contributed by atoms with Crippen molar-refractivity contribution in [2.24, 2.45) is 0 Å². The largest absolute Gasteiger partial charge is 0.495 e. The Labute approximate surface area is 227 Å². The first-order chi connectivity index (χ1) is 18.7. The highest BCUT2D eigenvalue weighted by Crippen LogP contribution is 2.37. The van der Waals surface area contributed by atoms with Crippen molar-refractivity contribution in [1.82, 2.24) is 9.78 Å². The number of ether oxygens (including phenoxy) is 1. The molecule has 0 bridgehead atoms. The van der Waals surface area contributed by atoms with Crippen molar-refractivity contribution in [2.45, 2.75) is 12.5 Å².